The number of hydrogen-bond donors (Lipinski definition) is 0. The molecule has 1 saturated heterocycles. The number of carbonyl (C=O) groups excluding carboxylic acids is 1. The number of amides is 1. The van der Waals surface area contributed by atoms with Gasteiger partial charge in [-0.15, -0.1) is 0 Å². The fourth-order valence-corrected chi connectivity index (χ4v) is 5.76. The summed E-state index contributed by atoms with van der Waals surface area (Å²) in [6, 6.07) is 17.6. The van der Waals surface area contributed by atoms with Crippen molar-refractivity contribution in [3.05, 3.63) is 88.7 Å². The molecule has 2 aromatic carbocycles. The highest BCUT2D eigenvalue weighted by atomic mass is 16.6. The Morgan fingerprint density at radius 2 is 1.87 bits per heavy atom. The highest BCUT2D eigenvalue weighted by Crippen LogP contribution is 2.42. The largest absolute Gasteiger partial charge is 0.444 e. The van der Waals surface area contributed by atoms with Gasteiger partial charge in [0.2, 0.25) is 0 Å². The van der Waals surface area contributed by atoms with Crippen LogP contribution in [0.3, 0.4) is 0 Å². The van der Waals surface area contributed by atoms with Gasteiger partial charge in [-0.25, -0.2) is 4.79 Å². The minimum atomic E-state index is -0.515. The van der Waals surface area contributed by atoms with Gasteiger partial charge in [0.15, 0.2) is 0 Å². The van der Waals surface area contributed by atoms with Crippen molar-refractivity contribution in [1.29, 1.82) is 0 Å². The van der Waals surface area contributed by atoms with Gasteiger partial charge in [-0.05, 0) is 105 Å². The van der Waals surface area contributed by atoms with Gasteiger partial charge in [-0.3, -0.25) is 4.98 Å². The highest BCUT2D eigenvalue weighted by Gasteiger charge is 2.36. The van der Waals surface area contributed by atoms with Crippen molar-refractivity contribution in [3.8, 4) is 11.1 Å². The molecule has 1 amide bonds. The number of benzene rings is 2. The molecule has 2 atom stereocenters. The first kappa shape index (κ1) is 27.8. The molecule has 2 heterocycles. The van der Waals surface area contributed by atoms with E-state index in [4.69, 9.17) is 9.47 Å². The topological polar surface area (TPSA) is 51.7 Å². The first-order valence-corrected chi connectivity index (χ1v) is 13.7. The minimum absolute atomic E-state index is 0.160. The fraction of sp³-hybridized carbons (Fsp3) is 0.455. The lowest BCUT2D eigenvalue weighted by Crippen LogP contribution is -2.44. The predicted octanol–water partition coefficient (Wildman–Crippen LogP) is 7.45. The zero-order valence-electron chi connectivity index (χ0n) is 23.8. The third-order valence-corrected chi connectivity index (χ3v) is 7.49. The van der Waals surface area contributed by atoms with E-state index in [1.807, 2.05) is 44.1 Å². The van der Waals surface area contributed by atoms with E-state index >= 15 is 0 Å². The lowest BCUT2D eigenvalue weighted by atomic mass is 9.75. The monoisotopic (exact) mass is 514 g/mol. The van der Waals surface area contributed by atoms with Gasteiger partial charge in [0.25, 0.3) is 0 Å². The fourth-order valence-electron chi connectivity index (χ4n) is 5.76. The molecule has 1 aliphatic heterocycles. The quantitative estimate of drug-likeness (QED) is 0.307. The Hall–Kier alpha value is -3.18. The van der Waals surface area contributed by atoms with Crippen LogP contribution in [0.5, 0.6) is 0 Å². The number of likely N-dealkylation sites (tertiary alicyclic amines) is 1. The van der Waals surface area contributed by atoms with Gasteiger partial charge in [0.1, 0.15) is 5.60 Å². The number of aromatic nitrogens is 1. The summed E-state index contributed by atoms with van der Waals surface area (Å²) in [6.07, 6.45) is 6.42. The summed E-state index contributed by atoms with van der Waals surface area (Å²) in [5, 5.41) is 0. The molecule has 0 N–H and O–H groups in total. The standard InChI is InChI=1S/C33H42N2O3/c1-23-10-7-11-25(13-9-19-37-6)31(23)26-14-15-28(24(2)20-26)30-22-35(32(36)38-33(3,4)5)18-16-29(30)27-12-8-17-34-21-27/h7-8,10-12,14-15,17,20-21,29-30H,9,13,16,18-19,22H2,1-6H3/t29-,30-/m0/s1. The maximum atomic E-state index is 13.0. The van der Waals surface area contributed by atoms with Crippen molar-refractivity contribution in [1.82, 2.24) is 9.88 Å². The van der Waals surface area contributed by atoms with Crippen LogP contribution in [0.4, 0.5) is 4.79 Å². The molecule has 0 bridgehead atoms. The number of ether oxygens (including phenoxy) is 2. The summed E-state index contributed by atoms with van der Waals surface area (Å²) in [7, 11) is 1.76. The number of rotatable bonds is 7. The smallest absolute Gasteiger partial charge is 0.410 e. The first-order chi connectivity index (χ1) is 18.2. The third kappa shape index (κ3) is 6.63. The van der Waals surface area contributed by atoms with Crippen LogP contribution in [0, 0.1) is 13.8 Å². The predicted molar refractivity (Wildman–Crippen MR) is 154 cm³/mol. The second kappa shape index (κ2) is 12.1. The molecule has 0 radical (unpaired) electrons. The van der Waals surface area contributed by atoms with Crippen molar-refractivity contribution in [2.75, 3.05) is 26.8 Å². The Morgan fingerprint density at radius 1 is 1.05 bits per heavy atom. The van der Waals surface area contributed by atoms with Crippen LogP contribution in [0.1, 0.15) is 73.3 Å². The van der Waals surface area contributed by atoms with Gasteiger partial charge >= 0.3 is 6.09 Å². The molecule has 38 heavy (non-hydrogen) atoms. The number of piperidine rings is 1. The summed E-state index contributed by atoms with van der Waals surface area (Å²) >= 11 is 0. The van der Waals surface area contributed by atoms with Crippen LogP contribution in [0.15, 0.2) is 60.9 Å². The molecule has 4 rings (SSSR count). The molecule has 202 valence electrons. The van der Waals surface area contributed by atoms with Gasteiger partial charge in [0, 0.05) is 45.1 Å². The Kier molecular flexibility index (Phi) is 8.88. The van der Waals surface area contributed by atoms with Crippen LogP contribution in [0.25, 0.3) is 11.1 Å². The maximum absolute atomic E-state index is 13.0. The van der Waals surface area contributed by atoms with E-state index in [0.29, 0.717) is 13.1 Å². The van der Waals surface area contributed by atoms with Crippen LogP contribution in [-0.2, 0) is 15.9 Å². The Bertz CT molecular complexity index is 1230. The van der Waals surface area contributed by atoms with E-state index in [-0.39, 0.29) is 17.9 Å². The van der Waals surface area contributed by atoms with E-state index in [0.717, 1.165) is 25.9 Å². The molecule has 0 unspecified atom stereocenters. The van der Waals surface area contributed by atoms with Crippen LogP contribution in [-0.4, -0.2) is 48.4 Å². The SMILES string of the molecule is COCCCc1cccc(C)c1-c1ccc([C@@H]2CN(C(=O)OC(C)(C)C)CC[C@H]2c2cccnc2)c(C)c1. The van der Waals surface area contributed by atoms with Gasteiger partial charge in [-0.1, -0.05) is 42.5 Å². The van der Waals surface area contributed by atoms with E-state index in [1.165, 1.54) is 38.9 Å². The first-order valence-electron chi connectivity index (χ1n) is 13.7. The number of pyridine rings is 1. The molecule has 1 aliphatic rings. The Morgan fingerprint density at radius 3 is 2.55 bits per heavy atom. The molecule has 1 aromatic heterocycles. The summed E-state index contributed by atoms with van der Waals surface area (Å²) in [5.41, 5.74) is 8.45. The summed E-state index contributed by atoms with van der Waals surface area (Å²) in [4.78, 5) is 19.3. The van der Waals surface area contributed by atoms with Crippen molar-refractivity contribution < 1.29 is 14.3 Å². The van der Waals surface area contributed by atoms with E-state index in [1.54, 1.807) is 7.11 Å². The van der Waals surface area contributed by atoms with Crippen molar-refractivity contribution in [2.24, 2.45) is 0 Å². The number of aryl methyl sites for hydroxylation is 3. The van der Waals surface area contributed by atoms with Crippen LogP contribution < -0.4 is 0 Å². The van der Waals surface area contributed by atoms with Crippen molar-refractivity contribution in [2.45, 2.75) is 71.3 Å². The van der Waals surface area contributed by atoms with Gasteiger partial charge in [-0.2, -0.15) is 0 Å². The Balaban J connectivity index is 1.68. The van der Waals surface area contributed by atoms with Crippen molar-refractivity contribution in [3.63, 3.8) is 0 Å². The molecule has 0 saturated carbocycles. The molecule has 0 aliphatic carbocycles. The molecule has 1 fully saturated rings. The van der Waals surface area contributed by atoms with Gasteiger partial charge in [0.05, 0.1) is 0 Å². The lowest BCUT2D eigenvalue weighted by molar-refractivity contribution is 0.0183. The van der Waals surface area contributed by atoms with E-state index in [2.05, 4.69) is 61.3 Å². The van der Waals surface area contributed by atoms with Crippen molar-refractivity contribution >= 4 is 6.09 Å². The lowest BCUT2D eigenvalue weighted by Gasteiger charge is -2.40. The molecule has 5 heteroatoms. The number of methoxy groups -OCH3 is 1. The summed E-state index contributed by atoms with van der Waals surface area (Å²) in [5.74, 6) is 0.447. The van der Waals surface area contributed by atoms with Crippen LogP contribution in [0.2, 0.25) is 0 Å². The number of carbonyl (C=O) groups is 1. The van der Waals surface area contributed by atoms with Gasteiger partial charge < -0.3 is 14.4 Å². The maximum Gasteiger partial charge on any atom is 0.410 e. The second-order valence-electron chi connectivity index (χ2n) is 11.5. The summed E-state index contributed by atoms with van der Waals surface area (Å²) in [6.45, 7) is 12.2. The average molecular weight is 515 g/mol. The average Bonchev–Trinajstić information content (AvgIpc) is 2.88. The Labute approximate surface area is 228 Å². The zero-order valence-corrected chi connectivity index (χ0v) is 23.8. The van der Waals surface area contributed by atoms with Crippen LogP contribution >= 0.6 is 0 Å². The van der Waals surface area contributed by atoms with E-state index in [9.17, 15) is 4.79 Å². The van der Waals surface area contributed by atoms with E-state index < -0.39 is 5.60 Å². The molecular weight excluding hydrogens is 472 g/mol. The molecule has 3 aromatic rings. The zero-order chi connectivity index (χ0) is 27.3. The molecular formula is C33H42N2O3. The highest BCUT2D eigenvalue weighted by molar-refractivity contribution is 5.72. The normalized spacial score (nSPS) is 17.9. The second-order valence-corrected chi connectivity index (χ2v) is 11.5. The summed E-state index contributed by atoms with van der Waals surface area (Å²) < 4.78 is 11.0. The molecule has 5 nitrogen and oxygen atoms in total. The molecule has 0 spiro atoms. The minimum Gasteiger partial charge on any atom is -0.444 e. The third-order valence-electron chi connectivity index (χ3n) is 7.49. The number of hydrogen-bond acceptors (Lipinski definition) is 4. The number of nitrogens with zero attached hydrogens (tertiary/aromatic N) is 2.